The predicted molar refractivity (Wildman–Crippen MR) is 179 cm³/mol. The molecule has 0 bridgehead atoms. The Balaban J connectivity index is 1.75. The number of rotatable bonds is 20. The van der Waals surface area contributed by atoms with Gasteiger partial charge in [-0.1, -0.05) is 51.0 Å². The number of hydrogen-bond acceptors (Lipinski definition) is 12. The molecule has 3 aromatic rings. The lowest BCUT2D eigenvalue weighted by atomic mass is 10.1. The zero-order valence-corrected chi connectivity index (χ0v) is 27.3. The molecule has 12 heteroatoms. The van der Waals surface area contributed by atoms with E-state index in [2.05, 4.69) is 106 Å². The van der Waals surface area contributed by atoms with E-state index >= 15 is 0 Å². The lowest BCUT2D eigenvalue weighted by Crippen LogP contribution is -2.27. The second kappa shape index (κ2) is 17.9. The van der Waals surface area contributed by atoms with E-state index in [1.807, 2.05) is 7.05 Å². The number of benzene rings is 1. The molecule has 43 heavy (non-hydrogen) atoms. The highest BCUT2D eigenvalue weighted by molar-refractivity contribution is 5.46. The molecule has 12 nitrogen and oxygen atoms in total. The molecule has 0 fully saturated rings. The molecule has 0 amide bonds. The molecule has 2 aromatic heterocycles. The molecule has 0 saturated heterocycles. The maximum absolute atomic E-state index is 4.81. The summed E-state index contributed by atoms with van der Waals surface area (Å²) < 4.78 is 0. The summed E-state index contributed by atoms with van der Waals surface area (Å²) in [5.74, 6) is 3.82. The van der Waals surface area contributed by atoms with Gasteiger partial charge in [0.15, 0.2) is 0 Å². The Labute approximate surface area is 258 Å². The van der Waals surface area contributed by atoms with Gasteiger partial charge in [-0.2, -0.15) is 29.9 Å². The predicted octanol–water partition coefficient (Wildman–Crippen LogP) is 5.42. The minimum atomic E-state index is 0.565. The van der Waals surface area contributed by atoms with Crippen molar-refractivity contribution in [2.75, 3.05) is 77.0 Å². The van der Waals surface area contributed by atoms with Crippen molar-refractivity contribution < 1.29 is 0 Å². The monoisotopic (exact) mass is 592 g/mol. The van der Waals surface area contributed by atoms with Gasteiger partial charge in [-0.3, -0.25) is 0 Å². The number of hydrogen-bond donors (Lipinski definition) is 3. The van der Waals surface area contributed by atoms with Crippen molar-refractivity contribution >= 4 is 35.7 Å². The molecule has 236 valence electrons. The highest BCUT2D eigenvalue weighted by atomic mass is 15.4. The van der Waals surface area contributed by atoms with Crippen LogP contribution in [0.1, 0.15) is 78.4 Å². The SMILES string of the molecule is CCCCNc1nc(NCc2cccc(CN(C)c3nc(NCCCC)nc(N(CC)CC)n3)c2)nc(N(CC)CC)n1. The third-order valence-electron chi connectivity index (χ3n) is 7.16. The molecule has 3 N–H and O–H groups in total. The first-order valence-electron chi connectivity index (χ1n) is 16.0. The molecule has 0 unspecified atom stereocenters. The molecule has 0 atom stereocenters. The molecule has 0 aliphatic rings. The van der Waals surface area contributed by atoms with E-state index in [0.29, 0.717) is 48.8 Å². The summed E-state index contributed by atoms with van der Waals surface area (Å²) in [6.45, 7) is 19.1. The van der Waals surface area contributed by atoms with Crippen LogP contribution < -0.4 is 30.7 Å². The van der Waals surface area contributed by atoms with Crippen LogP contribution in [-0.2, 0) is 13.1 Å². The van der Waals surface area contributed by atoms with Crippen molar-refractivity contribution in [3.63, 3.8) is 0 Å². The molecule has 3 rings (SSSR count). The molecule has 0 aliphatic heterocycles. The Morgan fingerprint density at radius 2 is 1.07 bits per heavy atom. The Hall–Kier alpha value is -3.96. The first-order valence-corrected chi connectivity index (χ1v) is 16.0. The standard InChI is InChI=1S/C31H52N12/c1-8-14-19-32-26-35-28(39-30(37-26)42(10-3)11-4)34-22-24-17-16-18-25(21-24)23-41(7)29-36-27(33-20-15-9-2)38-31(40-29)43(12-5)13-6/h16-18,21H,8-15,19-20,22-23H2,1-7H3,(H,33,36,38,40)(H2,32,34,35,37,39). The van der Waals surface area contributed by atoms with Gasteiger partial charge in [0.2, 0.25) is 35.7 Å². The van der Waals surface area contributed by atoms with Crippen molar-refractivity contribution in [3.05, 3.63) is 35.4 Å². The van der Waals surface area contributed by atoms with Gasteiger partial charge in [-0.15, -0.1) is 0 Å². The minimum Gasteiger partial charge on any atom is -0.354 e. The smallest absolute Gasteiger partial charge is 0.232 e. The molecule has 1 aromatic carbocycles. The number of aromatic nitrogens is 6. The van der Waals surface area contributed by atoms with Crippen LogP contribution in [-0.4, -0.2) is 76.2 Å². The van der Waals surface area contributed by atoms with Crippen LogP contribution >= 0.6 is 0 Å². The molecule has 2 heterocycles. The fourth-order valence-electron chi connectivity index (χ4n) is 4.54. The summed E-state index contributed by atoms with van der Waals surface area (Å²) in [5.41, 5.74) is 2.30. The summed E-state index contributed by atoms with van der Waals surface area (Å²) in [6.07, 6.45) is 4.35. The Kier molecular flexibility index (Phi) is 13.9. The number of anilines is 6. The van der Waals surface area contributed by atoms with Crippen LogP contribution in [0.5, 0.6) is 0 Å². The average molecular weight is 593 g/mol. The van der Waals surface area contributed by atoms with Crippen LogP contribution in [0.3, 0.4) is 0 Å². The summed E-state index contributed by atoms with van der Waals surface area (Å²) >= 11 is 0. The fraction of sp³-hybridized carbons (Fsp3) is 0.613. The normalized spacial score (nSPS) is 10.9. The van der Waals surface area contributed by atoms with Crippen molar-refractivity contribution in [3.8, 4) is 0 Å². The van der Waals surface area contributed by atoms with E-state index in [1.165, 1.54) is 0 Å². The summed E-state index contributed by atoms with van der Waals surface area (Å²) in [7, 11) is 2.02. The quantitative estimate of drug-likeness (QED) is 0.145. The highest BCUT2D eigenvalue weighted by Gasteiger charge is 2.15. The van der Waals surface area contributed by atoms with Gasteiger partial charge in [0.05, 0.1) is 0 Å². The highest BCUT2D eigenvalue weighted by Crippen LogP contribution is 2.19. The van der Waals surface area contributed by atoms with Gasteiger partial charge in [0, 0.05) is 59.4 Å². The van der Waals surface area contributed by atoms with Crippen LogP contribution in [0.15, 0.2) is 24.3 Å². The maximum Gasteiger partial charge on any atom is 0.232 e. The Bertz CT molecular complexity index is 1230. The fourth-order valence-corrected chi connectivity index (χ4v) is 4.54. The second-order valence-corrected chi connectivity index (χ2v) is 10.5. The van der Waals surface area contributed by atoms with Crippen molar-refractivity contribution in [2.45, 2.75) is 80.3 Å². The van der Waals surface area contributed by atoms with Gasteiger partial charge >= 0.3 is 0 Å². The molecule has 0 radical (unpaired) electrons. The first kappa shape index (κ1) is 33.5. The number of nitrogens with one attached hydrogen (secondary N) is 3. The third-order valence-corrected chi connectivity index (χ3v) is 7.16. The number of unbranched alkanes of at least 4 members (excludes halogenated alkanes) is 2. The molecule has 0 spiro atoms. The Morgan fingerprint density at radius 1 is 0.581 bits per heavy atom. The van der Waals surface area contributed by atoms with E-state index < -0.39 is 0 Å². The topological polar surface area (TPSA) is 123 Å². The third kappa shape index (κ3) is 10.4. The second-order valence-electron chi connectivity index (χ2n) is 10.5. The van der Waals surface area contributed by atoms with Gasteiger partial charge < -0.3 is 30.7 Å². The molecule has 0 aliphatic carbocycles. The van der Waals surface area contributed by atoms with E-state index in [4.69, 9.17) is 19.9 Å². The summed E-state index contributed by atoms with van der Waals surface area (Å²) in [6, 6.07) is 8.52. The van der Waals surface area contributed by atoms with Crippen LogP contribution in [0.4, 0.5) is 35.7 Å². The van der Waals surface area contributed by atoms with Crippen LogP contribution in [0.2, 0.25) is 0 Å². The summed E-state index contributed by atoms with van der Waals surface area (Å²) in [4.78, 5) is 34.6. The summed E-state index contributed by atoms with van der Waals surface area (Å²) in [5, 5.41) is 10.2. The minimum absolute atomic E-state index is 0.565. The lowest BCUT2D eigenvalue weighted by molar-refractivity contribution is 0.782. The molecular formula is C31H52N12. The van der Waals surface area contributed by atoms with E-state index in [-0.39, 0.29) is 0 Å². The van der Waals surface area contributed by atoms with Crippen LogP contribution in [0.25, 0.3) is 0 Å². The maximum atomic E-state index is 4.81. The lowest BCUT2D eigenvalue weighted by Gasteiger charge is -2.23. The molecular weight excluding hydrogens is 540 g/mol. The van der Waals surface area contributed by atoms with Crippen molar-refractivity contribution in [1.82, 2.24) is 29.9 Å². The Morgan fingerprint density at radius 3 is 1.63 bits per heavy atom. The van der Waals surface area contributed by atoms with Gasteiger partial charge in [-0.05, 0) is 51.7 Å². The number of nitrogens with zero attached hydrogens (tertiary/aromatic N) is 9. The zero-order chi connectivity index (χ0) is 31.0. The van der Waals surface area contributed by atoms with E-state index in [9.17, 15) is 0 Å². The van der Waals surface area contributed by atoms with Gasteiger partial charge in [-0.25, -0.2) is 0 Å². The van der Waals surface area contributed by atoms with Crippen molar-refractivity contribution in [2.24, 2.45) is 0 Å². The average Bonchev–Trinajstić information content (AvgIpc) is 3.02. The van der Waals surface area contributed by atoms with Gasteiger partial charge in [0.25, 0.3) is 0 Å². The van der Waals surface area contributed by atoms with Crippen molar-refractivity contribution in [1.29, 1.82) is 0 Å². The zero-order valence-electron chi connectivity index (χ0n) is 27.3. The van der Waals surface area contributed by atoms with Crippen LogP contribution in [0, 0.1) is 0 Å². The molecule has 0 saturated carbocycles. The van der Waals surface area contributed by atoms with E-state index in [0.717, 1.165) is 76.1 Å². The largest absolute Gasteiger partial charge is 0.354 e. The first-order chi connectivity index (χ1) is 20.9. The van der Waals surface area contributed by atoms with Gasteiger partial charge in [0.1, 0.15) is 0 Å². The van der Waals surface area contributed by atoms with E-state index in [1.54, 1.807) is 0 Å².